The average Bonchev–Trinajstić information content (AvgIpc) is 2.49. The van der Waals surface area contributed by atoms with E-state index in [0.717, 1.165) is 11.3 Å². The second-order valence-electron chi connectivity index (χ2n) is 4.63. The number of ether oxygens (including phenoxy) is 1. The number of nitrogens with one attached hydrogen (secondary N) is 1. The normalized spacial score (nSPS) is 11.8. The van der Waals surface area contributed by atoms with E-state index in [9.17, 15) is 9.18 Å². The Morgan fingerprint density at radius 1 is 1.24 bits per heavy atom. The molecular weight excluding hydrogens is 289 g/mol. The molecule has 0 radical (unpaired) electrons. The third-order valence-electron chi connectivity index (χ3n) is 3.16. The molecule has 1 amide bonds. The molecule has 2 rings (SSSR count). The first kappa shape index (κ1) is 15.4. The van der Waals surface area contributed by atoms with Crippen LogP contribution in [0.25, 0.3) is 0 Å². The van der Waals surface area contributed by atoms with E-state index in [4.69, 9.17) is 4.74 Å². The van der Waals surface area contributed by atoms with Gasteiger partial charge in [-0.2, -0.15) is 0 Å². The molecule has 2 aromatic rings. The van der Waals surface area contributed by atoms with Crippen molar-refractivity contribution in [2.24, 2.45) is 0 Å². The van der Waals surface area contributed by atoms with Gasteiger partial charge in [-0.25, -0.2) is 4.39 Å². The van der Waals surface area contributed by atoms with Gasteiger partial charge in [0.2, 0.25) is 0 Å². The van der Waals surface area contributed by atoms with Crippen LogP contribution in [0.3, 0.4) is 0 Å². The smallest absolute Gasteiger partial charge is 0.254 e. The summed E-state index contributed by atoms with van der Waals surface area (Å²) in [5.41, 5.74) is 0.898. The first-order valence-electron chi connectivity index (χ1n) is 6.44. The lowest BCUT2D eigenvalue weighted by Gasteiger charge is -2.15. The SMILES string of the molecule is COc1ccc(C(C)NC(=O)c2cc(S)ccc2F)cc1. The fraction of sp³-hybridized carbons (Fsp3) is 0.188. The van der Waals surface area contributed by atoms with Crippen LogP contribution in [0.4, 0.5) is 4.39 Å². The Balaban J connectivity index is 2.12. The van der Waals surface area contributed by atoms with Crippen LogP contribution in [0.2, 0.25) is 0 Å². The number of carbonyl (C=O) groups is 1. The van der Waals surface area contributed by atoms with Gasteiger partial charge >= 0.3 is 0 Å². The molecule has 5 heteroatoms. The highest BCUT2D eigenvalue weighted by Crippen LogP contribution is 2.19. The van der Waals surface area contributed by atoms with Crippen LogP contribution >= 0.6 is 12.6 Å². The molecule has 0 aliphatic rings. The van der Waals surface area contributed by atoms with Gasteiger partial charge in [0.1, 0.15) is 11.6 Å². The van der Waals surface area contributed by atoms with E-state index in [1.165, 1.54) is 18.2 Å². The number of halogens is 1. The second-order valence-corrected chi connectivity index (χ2v) is 5.15. The lowest BCUT2D eigenvalue weighted by molar-refractivity contribution is 0.0935. The molecule has 0 aliphatic carbocycles. The summed E-state index contributed by atoms with van der Waals surface area (Å²) in [6.07, 6.45) is 0. The maximum absolute atomic E-state index is 13.7. The summed E-state index contributed by atoms with van der Waals surface area (Å²) in [5, 5.41) is 2.76. The number of thiol groups is 1. The molecule has 0 aromatic heterocycles. The molecule has 3 nitrogen and oxygen atoms in total. The summed E-state index contributed by atoms with van der Waals surface area (Å²) in [4.78, 5) is 12.7. The molecule has 21 heavy (non-hydrogen) atoms. The highest BCUT2D eigenvalue weighted by Gasteiger charge is 2.15. The maximum Gasteiger partial charge on any atom is 0.254 e. The van der Waals surface area contributed by atoms with Crippen molar-refractivity contribution in [2.45, 2.75) is 17.9 Å². The molecule has 0 heterocycles. The van der Waals surface area contributed by atoms with Crippen molar-refractivity contribution in [1.29, 1.82) is 0 Å². The van der Waals surface area contributed by atoms with Gasteiger partial charge in [0, 0.05) is 4.90 Å². The van der Waals surface area contributed by atoms with Crippen molar-refractivity contribution in [3.05, 3.63) is 59.4 Å². The quantitative estimate of drug-likeness (QED) is 0.847. The molecule has 0 saturated heterocycles. The van der Waals surface area contributed by atoms with Crippen LogP contribution in [-0.4, -0.2) is 13.0 Å². The number of hydrogen-bond donors (Lipinski definition) is 2. The van der Waals surface area contributed by atoms with Crippen LogP contribution in [0, 0.1) is 5.82 Å². The Hall–Kier alpha value is -2.01. The second kappa shape index (κ2) is 6.63. The molecule has 110 valence electrons. The molecule has 0 bridgehead atoms. The fourth-order valence-corrected chi connectivity index (χ4v) is 2.14. The minimum atomic E-state index is -0.563. The zero-order valence-corrected chi connectivity index (χ0v) is 12.7. The highest BCUT2D eigenvalue weighted by atomic mass is 32.1. The number of hydrogen-bond acceptors (Lipinski definition) is 3. The zero-order valence-electron chi connectivity index (χ0n) is 11.8. The molecule has 0 spiro atoms. The number of rotatable bonds is 4. The first-order chi connectivity index (χ1) is 10.0. The summed E-state index contributed by atoms with van der Waals surface area (Å²) in [6, 6.07) is 11.2. The van der Waals surface area contributed by atoms with E-state index >= 15 is 0 Å². The van der Waals surface area contributed by atoms with Gasteiger partial charge < -0.3 is 10.1 Å². The molecular formula is C16H16FNO2S. The molecule has 1 N–H and O–H groups in total. The topological polar surface area (TPSA) is 38.3 Å². The van der Waals surface area contributed by atoms with Gasteiger partial charge in [-0.1, -0.05) is 12.1 Å². The van der Waals surface area contributed by atoms with Crippen molar-refractivity contribution in [1.82, 2.24) is 5.32 Å². The standard InChI is InChI=1S/C16H16FNO2S/c1-10(11-3-5-12(20-2)6-4-11)18-16(19)14-9-13(21)7-8-15(14)17/h3-10,21H,1-2H3,(H,18,19). The van der Waals surface area contributed by atoms with Gasteiger partial charge in [-0.05, 0) is 42.8 Å². The molecule has 0 saturated carbocycles. The summed E-state index contributed by atoms with van der Waals surface area (Å²) in [5.74, 6) is -0.287. The van der Waals surface area contributed by atoms with Crippen LogP contribution in [-0.2, 0) is 0 Å². The van der Waals surface area contributed by atoms with E-state index in [1.807, 2.05) is 31.2 Å². The molecule has 0 fully saturated rings. The van der Waals surface area contributed by atoms with Crippen LogP contribution in [0.1, 0.15) is 28.9 Å². The Kier molecular flexibility index (Phi) is 4.85. The van der Waals surface area contributed by atoms with Crippen molar-refractivity contribution in [3.63, 3.8) is 0 Å². The third-order valence-corrected chi connectivity index (χ3v) is 3.44. The van der Waals surface area contributed by atoms with Crippen molar-refractivity contribution < 1.29 is 13.9 Å². The summed E-state index contributed by atoms with van der Waals surface area (Å²) >= 11 is 4.12. The Bertz CT molecular complexity index is 643. The Labute approximate surface area is 128 Å². The van der Waals surface area contributed by atoms with Crippen molar-refractivity contribution in [2.75, 3.05) is 7.11 Å². The monoisotopic (exact) mass is 305 g/mol. The Morgan fingerprint density at radius 2 is 1.90 bits per heavy atom. The molecule has 0 aliphatic heterocycles. The third kappa shape index (κ3) is 3.76. The van der Waals surface area contributed by atoms with E-state index in [0.29, 0.717) is 4.90 Å². The predicted molar refractivity (Wildman–Crippen MR) is 82.5 cm³/mol. The molecule has 2 aromatic carbocycles. The number of benzene rings is 2. The number of methoxy groups -OCH3 is 1. The van der Waals surface area contributed by atoms with Crippen LogP contribution in [0.15, 0.2) is 47.4 Å². The zero-order chi connectivity index (χ0) is 15.4. The minimum Gasteiger partial charge on any atom is -0.497 e. The number of amides is 1. The van der Waals surface area contributed by atoms with Crippen molar-refractivity contribution >= 4 is 18.5 Å². The van der Waals surface area contributed by atoms with Crippen molar-refractivity contribution in [3.8, 4) is 5.75 Å². The van der Waals surface area contributed by atoms with Gasteiger partial charge in [0.25, 0.3) is 5.91 Å². The van der Waals surface area contributed by atoms with E-state index in [-0.39, 0.29) is 11.6 Å². The average molecular weight is 305 g/mol. The van der Waals surface area contributed by atoms with E-state index in [1.54, 1.807) is 7.11 Å². The van der Waals surface area contributed by atoms with E-state index in [2.05, 4.69) is 17.9 Å². The highest BCUT2D eigenvalue weighted by molar-refractivity contribution is 7.80. The van der Waals surface area contributed by atoms with Crippen LogP contribution in [0.5, 0.6) is 5.75 Å². The van der Waals surface area contributed by atoms with Gasteiger partial charge in [-0.3, -0.25) is 4.79 Å². The maximum atomic E-state index is 13.7. The summed E-state index contributed by atoms with van der Waals surface area (Å²) in [6.45, 7) is 1.84. The largest absolute Gasteiger partial charge is 0.497 e. The van der Waals surface area contributed by atoms with Crippen LogP contribution < -0.4 is 10.1 Å². The van der Waals surface area contributed by atoms with E-state index < -0.39 is 11.7 Å². The summed E-state index contributed by atoms with van der Waals surface area (Å²) < 4.78 is 18.7. The van der Waals surface area contributed by atoms with Gasteiger partial charge in [0.05, 0.1) is 18.7 Å². The lowest BCUT2D eigenvalue weighted by atomic mass is 10.1. The Morgan fingerprint density at radius 3 is 2.52 bits per heavy atom. The fourth-order valence-electron chi connectivity index (χ4n) is 1.94. The lowest BCUT2D eigenvalue weighted by Crippen LogP contribution is -2.27. The first-order valence-corrected chi connectivity index (χ1v) is 6.89. The number of carbonyl (C=O) groups excluding carboxylic acids is 1. The van der Waals surface area contributed by atoms with Gasteiger partial charge in [-0.15, -0.1) is 12.6 Å². The molecule has 1 atom stereocenters. The minimum absolute atomic E-state index is 0.0112. The molecule has 1 unspecified atom stereocenters. The predicted octanol–water partition coefficient (Wildman–Crippen LogP) is 3.61. The summed E-state index contributed by atoms with van der Waals surface area (Å²) in [7, 11) is 1.59. The van der Waals surface area contributed by atoms with Gasteiger partial charge in [0.15, 0.2) is 0 Å².